The van der Waals surface area contributed by atoms with Crippen LogP contribution in [0.15, 0.2) is 65.1 Å². The van der Waals surface area contributed by atoms with Crippen molar-refractivity contribution in [3.63, 3.8) is 0 Å². The average molecular weight is 296 g/mol. The lowest BCUT2D eigenvalue weighted by atomic mass is 10.00. The van der Waals surface area contributed by atoms with E-state index in [1.165, 1.54) is 43.4 Å². The molecular formula is C22H16O. The molecule has 5 aromatic rings. The maximum Gasteiger partial charge on any atom is 0.143 e. The van der Waals surface area contributed by atoms with Crippen LogP contribution >= 0.6 is 0 Å². The standard InChI is InChI=1S/C22H16O/c1-13-7-9-17-15(11-13)8-10-19-20-12-14(2)16-5-3-4-6-18(16)22(20)23-21(17)19/h3-12H,1-2H3. The average Bonchev–Trinajstić information content (AvgIpc) is 2.94. The number of fused-ring (bicyclic) bond motifs is 7. The fraction of sp³-hybridized carbons (Fsp3) is 0.0909. The molecule has 0 saturated heterocycles. The Kier molecular flexibility index (Phi) is 2.41. The molecule has 0 aliphatic heterocycles. The number of aryl methyl sites for hydroxylation is 2. The Balaban J connectivity index is 2.06. The predicted molar refractivity (Wildman–Crippen MR) is 98.2 cm³/mol. The van der Waals surface area contributed by atoms with Gasteiger partial charge in [0.25, 0.3) is 0 Å². The minimum atomic E-state index is 0.994. The van der Waals surface area contributed by atoms with Crippen molar-refractivity contribution in [1.82, 2.24) is 0 Å². The first kappa shape index (κ1) is 12.7. The van der Waals surface area contributed by atoms with Crippen molar-refractivity contribution in [3.05, 3.63) is 71.8 Å². The molecule has 1 aromatic heterocycles. The second-order valence-electron chi connectivity index (χ2n) is 6.38. The van der Waals surface area contributed by atoms with Crippen molar-refractivity contribution in [1.29, 1.82) is 0 Å². The van der Waals surface area contributed by atoms with E-state index < -0.39 is 0 Å². The Labute approximate surface area is 134 Å². The van der Waals surface area contributed by atoms with E-state index in [4.69, 9.17) is 4.42 Å². The van der Waals surface area contributed by atoms with Gasteiger partial charge in [0.2, 0.25) is 0 Å². The van der Waals surface area contributed by atoms with Crippen LogP contribution in [0.3, 0.4) is 0 Å². The fourth-order valence-electron chi connectivity index (χ4n) is 3.68. The molecule has 0 spiro atoms. The summed E-state index contributed by atoms with van der Waals surface area (Å²) in [5.74, 6) is 0. The van der Waals surface area contributed by atoms with Gasteiger partial charge in [0.05, 0.1) is 0 Å². The highest BCUT2D eigenvalue weighted by molar-refractivity contribution is 6.20. The van der Waals surface area contributed by atoms with Gasteiger partial charge in [-0.05, 0) is 42.3 Å². The first-order valence-corrected chi connectivity index (χ1v) is 7.96. The van der Waals surface area contributed by atoms with Gasteiger partial charge < -0.3 is 4.42 Å². The lowest BCUT2D eigenvalue weighted by Crippen LogP contribution is -1.79. The highest BCUT2D eigenvalue weighted by Gasteiger charge is 2.13. The lowest BCUT2D eigenvalue weighted by molar-refractivity contribution is 0.676. The quantitative estimate of drug-likeness (QED) is 0.317. The Hall–Kier alpha value is -2.80. The summed E-state index contributed by atoms with van der Waals surface area (Å²) in [5.41, 5.74) is 4.55. The van der Waals surface area contributed by atoms with Crippen LogP contribution in [0.4, 0.5) is 0 Å². The maximum atomic E-state index is 6.37. The molecule has 0 unspecified atom stereocenters. The molecule has 1 nitrogen and oxygen atoms in total. The Morgan fingerprint density at radius 1 is 0.609 bits per heavy atom. The fourth-order valence-corrected chi connectivity index (χ4v) is 3.68. The van der Waals surface area contributed by atoms with Crippen LogP contribution in [0.25, 0.3) is 43.5 Å². The van der Waals surface area contributed by atoms with Gasteiger partial charge in [0, 0.05) is 21.5 Å². The number of hydrogen-bond donors (Lipinski definition) is 0. The van der Waals surface area contributed by atoms with Crippen molar-refractivity contribution in [2.24, 2.45) is 0 Å². The van der Waals surface area contributed by atoms with Crippen LogP contribution in [0.5, 0.6) is 0 Å². The van der Waals surface area contributed by atoms with Crippen molar-refractivity contribution in [2.45, 2.75) is 13.8 Å². The van der Waals surface area contributed by atoms with E-state index >= 15 is 0 Å². The van der Waals surface area contributed by atoms with Crippen LogP contribution in [0.1, 0.15) is 11.1 Å². The number of rotatable bonds is 0. The highest BCUT2D eigenvalue weighted by Crippen LogP contribution is 2.38. The van der Waals surface area contributed by atoms with Gasteiger partial charge in [0.1, 0.15) is 11.2 Å². The van der Waals surface area contributed by atoms with Crippen molar-refractivity contribution in [3.8, 4) is 0 Å². The zero-order valence-corrected chi connectivity index (χ0v) is 13.2. The Bertz CT molecular complexity index is 1220. The SMILES string of the molecule is Cc1ccc2c(ccc3c4cc(C)c5ccccc5c4oc23)c1. The van der Waals surface area contributed by atoms with Crippen LogP contribution in [-0.4, -0.2) is 0 Å². The Morgan fingerprint density at radius 2 is 1.30 bits per heavy atom. The van der Waals surface area contributed by atoms with E-state index in [0.717, 1.165) is 11.2 Å². The molecule has 0 radical (unpaired) electrons. The van der Waals surface area contributed by atoms with Gasteiger partial charge in [0.15, 0.2) is 0 Å². The largest absolute Gasteiger partial charge is 0.455 e. The summed E-state index contributed by atoms with van der Waals surface area (Å²) in [7, 11) is 0. The van der Waals surface area contributed by atoms with Gasteiger partial charge in [-0.15, -0.1) is 0 Å². The minimum Gasteiger partial charge on any atom is -0.455 e. The van der Waals surface area contributed by atoms with Crippen molar-refractivity contribution < 1.29 is 4.42 Å². The highest BCUT2D eigenvalue weighted by atomic mass is 16.3. The molecule has 0 saturated carbocycles. The van der Waals surface area contributed by atoms with Gasteiger partial charge in [-0.1, -0.05) is 54.1 Å². The third-order valence-electron chi connectivity index (χ3n) is 4.82. The second-order valence-corrected chi connectivity index (χ2v) is 6.38. The number of furan rings is 1. The molecule has 0 aliphatic carbocycles. The molecule has 0 fully saturated rings. The van der Waals surface area contributed by atoms with Gasteiger partial charge >= 0.3 is 0 Å². The monoisotopic (exact) mass is 296 g/mol. The molecule has 23 heavy (non-hydrogen) atoms. The zero-order chi connectivity index (χ0) is 15.6. The molecule has 1 heteroatoms. The first-order valence-electron chi connectivity index (χ1n) is 7.96. The molecule has 0 amide bonds. The summed E-state index contributed by atoms with van der Waals surface area (Å²) in [6, 6.07) is 21.7. The summed E-state index contributed by atoms with van der Waals surface area (Å²) in [4.78, 5) is 0. The van der Waals surface area contributed by atoms with E-state index in [2.05, 4.69) is 74.5 Å². The van der Waals surface area contributed by atoms with Crippen LogP contribution < -0.4 is 0 Å². The second kappa shape index (κ2) is 4.36. The van der Waals surface area contributed by atoms with E-state index in [0.29, 0.717) is 0 Å². The summed E-state index contributed by atoms with van der Waals surface area (Å²) in [5, 5.41) is 7.28. The molecule has 1 heterocycles. The molecule has 0 atom stereocenters. The topological polar surface area (TPSA) is 13.1 Å². The van der Waals surface area contributed by atoms with Crippen LogP contribution in [0, 0.1) is 13.8 Å². The van der Waals surface area contributed by atoms with Crippen molar-refractivity contribution in [2.75, 3.05) is 0 Å². The van der Waals surface area contributed by atoms with Crippen LogP contribution in [-0.2, 0) is 0 Å². The van der Waals surface area contributed by atoms with E-state index in [1.807, 2.05) is 0 Å². The molecule has 0 N–H and O–H groups in total. The maximum absolute atomic E-state index is 6.37. The van der Waals surface area contributed by atoms with E-state index in [1.54, 1.807) is 0 Å². The summed E-state index contributed by atoms with van der Waals surface area (Å²) < 4.78 is 6.37. The minimum absolute atomic E-state index is 0.994. The van der Waals surface area contributed by atoms with Gasteiger partial charge in [-0.2, -0.15) is 0 Å². The van der Waals surface area contributed by atoms with E-state index in [9.17, 15) is 0 Å². The normalized spacial score (nSPS) is 11.9. The third-order valence-corrected chi connectivity index (χ3v) is 4.82. The molecule has 110 valence electrons. The van der Waals surface area contributed by atoms with Crippen molar-refractivity contribution >= 4 is 43.5 Å². The third kappa shape index (κ3) is 1.68. The van der Waals surface area contributed by atoms with Crippen LogP contribution in [0.2, 0.25) is 0 Å². The summed E-state index contributed by atoms with van der Waals surface area (Å²) >= 11 is 0. The predicted octanol–water partition coefficient (Wildman–Crippen LogP) is 6.51. The molecule has 0 aliphatic rings. The van der Waals surface area contributed by atoms with Gasteiger partial charge in [-0.3, -0.25) is 0 Å². The van der Waals surface area contributed by atoms with Gasteiger partial charge in [-0.25, -0.2) is 0 Å². The molecule has 0 bridgehead atoms. The first-order chi connectivity index (χ1) is 11.2. The zero-order valence-electron chi connectivity index (χ0n) is 13.2. The summed E-state index contributed by atoms with van der Waals surface area (Å²) in [6.07, 6.45) is 0. The Morgan fingerprint density at radius 3 is 2.17 bits per heavy atom. The number of hydrogen-bond acceptors (Lipinski definition) is 1. The molecule has 5 rings (SSSR count). The summed E-state index contributed by atoms with van der Waals surface area (Å²) in [6.45, 7) is 4.30. The smallest absolute Gasteiger partial charge is 0.143 e. The lowest BCUT2D eigenvalue weighted by Gasteiger charge is -2.02. The number of benzene rings is 4. The van der Waals surface area contributed by atoms with E-state index in [-0.39, 0.29) is 0 Å². The molecular weight excluding hydrogens is 280 g/mol. The molecule has 4 aromatic carbocycles.